The molecule has 0 bridgehead atoms. The van der Waals surface area contributed by atoms with Gasteiger partial charge >= 0.3 is 0 Å². The summed E-state index contributed by atoms with van der Waals surface area (Å²) in [5.74, 6) is 0.0860. The van der Waals surface area contributed by atoms with Crippen molar-refractivity contribution >= 4 is 75.2 Å². The molecule has 24 heavy (non-hydrogen) atoms. The van der Waals surface area contributed by atoms with Crippen LogP contribution >= 0.6 is 31.9 Å². The summed E-state index contributed by atoms with van der Waals surface area (Å²) in [6.07, 6.45) is 0.552. The Morgan fingerprint density at radius 1 is 1.12 bits per heavy atom. The van der Waals surface area contributed by atoms with Gasteiger partial charge in [-0.25, -0.2) is 0 Å². The summed E-state index contributed by atoms with van der Waals surface area (Å²) < 4.78 is 6.22. The maximum atomic E-state index is 13.2. The SMILES string of the molecule is [B]c1c(Br)c(O)c(Br)c([B])c1C(=O)c1c(CC)oc2ccccc12. The van der Waals surface area contributed by atoms with Crippen LogP contribution in [-0.4, -0.2) is 26.6 Å². The van der Waals surface area contributed by atoms with E-state index in [2.05, 4.69) is 31.9 Å². The molecule has 3 rings (SSSR count). The van der Waals surface area contributed by atoms with Crippen molar-refractivity contribution in [3.8, 4) is 5.75 Å². The average molecular weight is 444 g/mol. The van der Waals surface area contributed by atoms with Crippen LogP contribution in [0.2, 0.25) is 0 Å². The van der Waals surface area contributed by atoms with Crippen molar-refractivity contribution in [1.82, 2.24) is 0 Å². The van der Waals surface area contributed by atoms with Gasteiger partial charge in [-0.15, -0.1) is 0 Å². The van der Waals surface area contributed by atoms with Gasteiger partial charge in [0.2, 0.25) is 0 Å². The molecule has 2 aromatic carbocycles. The van der Waals surface area contributed by atoms with Crippen LogP contribution < -0.4 is 10.9 Å². The summed E-state index contributed by atoms with van der Waals surface area (Å²) >= 11 is 6.39. The predicted molar refractivity (Wildman–Crippen MR) is 103 cm³/mol. The first-order valence-corrected chi connectivity index (χ1v) is 8.77. The first kappa shape index (κ1) is 17.4. The fraction of sp³-hybridized carbons (Fsp3) is 0.118. The Kier molecular flexibility index (Phi) is 4.67. The maximum absolute atomic E-state index is 13.2. The molecular formula is C17H10B2Br2O3. The Morgan fingerprint density at radius 2 is 1.71 bits per heavy atom. The van der Waals surface area contributed by atoms with Crippen LogP contribution in [0.5, 0.6) is 5.75 Å². The number of carbonyl (C=O) groups is 1. The lowest BCUT2D eigenvalue weighted by Gasteiger charge is -2.15. The number of fused-ring (bicyclic) bond motifs is 1. The van der Waals surface area contributed by atoms with Gasteiger partial charge in [-0.1, -0.05) is 36.0 Å². The molecule has 1 aromatic heterocycles. The summed E-state index contributed by atoms with van der Waals surface area (Å²) in [6, 6.07) is 7.31. The van der Waals surface area contributed by atoms with E-state index in [4.69, 9.17) is 20.1 Å². The van der Waals surface area contributed by atoms with E-state index in [1.165, 1.54) is 0 Å². The van der Waals surface area contributed by atoms with Crippen molar-refractivity contribution < 1.29 is 14.3 Å². The third-order valence-electron chi connectivity index (χ3n) is 3.87. The van der Waals surface area contributed by atoms with Crippen molar-refractivity contribution in [2.45, 2.75) is 13.3 Å². The van der Waals surface area contributed by atoms with Gasteiger partial charge in [0.1, 0.15) is 32.8 Å². The Balaban J connectivity index is 2.32. The highest BCUT2D eigenvalue weighted by atomic mass is 79.9. The van der Waals surface area contributed by atoms with E-state index >= 15 is 0 Å². The summed E-state index contributed by atoms with van der Waals surface area (Å²) in [6.45, 7) is 1.91. The monoisotopic (exact) mass is 442 g/mol. The molecule has 7 heteroatoms. The van der Waals surface area contributed by atoms with Crippen molar-refractivity contribution in [2.75, 3.05) is 0 Å². The van der Waals surface area contributed by atoms with Gasteiger partial charge in [-0.2, -0.15) is 0 Å². The van der Waals surface area contributed by atoms with Gasteiger partial charge in [0.15, 0.2) is 5.78 Å². The molecule has 0 saturated carbocycles. The first-order valence-electron chi connectivity index (χ1n) is 7.18. The van der Waals surface area contributed by atoms with Crippen LogP contribution in [0.25, 0.3) is 11.0 Å². The molecule has 1 heterocycles. The molecule has 3 nitrogen and oxygen atoms in total. The summed E-state index contributed by atoms with van der Waals surface area (Å²) in [5.41, 5.74) is 1.38. The highest BCUT2D eigenvalue weighted by Crippen LogP contribution is 2.32. The number of para-hydroxylation sites is 1. The molecule has 0 amide bonds. The lowest BCUT2D eigenvalue weighted by Crippen LogP contribution is -2.30. The molecule has 1 N–H and O–H groups in total. The fourth-order valence-corrected chi connectivity index (χ4v) is 3.74. The Labute approximate surface area is 158 Å². The molecule has 0 aliphatic heterocycles. The minimum Gasteiger partial charge on any atom is -0.506 e. The number of phenols is 1. The van der Waals surface area contributed by atoms with Gasteiger partial charge < -0.3 is 9.52 Å². The van der Waals surface area contributed by atoms with Gasteiger partial charge in [0.05, 0.1) is 14.5 Å². The second-order valence-electron chi connectivity index (χ2n) is 5.26. The Hall–Kier alpha value is -1.46. The number of aromatic hydroxyl groups is 1. The predicted octanol–water partition coefficient (Wildman–Crippen LogP) is 3.04. The molecule has 116 valence electrons. The van der Waals surface area contributed by atoms with E-state index in [9.17, 15) is 9.90 Å². The third-order valence-corrected chi connectivity index (χ3v) is 5.48. The minimum atomic E-state index is -0.340. The molecule has 0 atom stereocenters. The molecule has 0 saturated heterocycles. The number of hydrogen-bond donors (Lipinski definition) is 1. The van der Waals surface area contributed by atoms with Crippen LogP contribution in [0.3, 0.4) is 0 Å². The number of hydrogen-bond acceptors (Lipinski definition) is 3. The zero-order valence-corrected chi connectivity index (χ0v) is 15.9. The normalized spacial score (nSPS) is 11.1. The molecule has 0 fully saturated rings. The Bertz CT molecular complexity index is 951. The van der Waals surface area contributed by atoms with Crippen molar-refractivity contribution in [1.29, 1.82) is 0 Å². The zero-order chi connectivity index (χ0) is 17.6. The topological polar surface area (TPSA) is 50.4 Å². The number of phenolic OH excluding ortho intramolecular Hbond substituents is 1. The number of benzene rings is 2. The van der Waals surface area contributed by atoms with E-state index in [-0.39, 0.29) is 37.0 Å². The standard InChI is InChI=1S/C17H10B2Br2O3/c1-2-8-10(7-5-3-4-6-9(7)24-8)16(22)11-12(18)14(20)17(23)15(21)13(11)19/h3-6,23H,2H2,1H3. The quantitative estimate of drug-likeness (QED) is 0.500. The van der Waals surface area contributed by atoms with Gasteiger partial charge in [-0.3, -0.25) is 4.79 Å². The van der Waals surface area contributed by atoms with E-state index in [1.807, 2.05) is 25.1 Å². The number of rotatable bonds is 3. The first-order chi connectivity index (χ1) is 11.4. The fourth-order valence-electron chi connectivity index (χ4n) is 2.68. The van der Waals surface area contributed by atoms with E-state index in [1.54, 1.807) is 6.07 Å². The molecule has 0 aliphatic rings. The summed E-state index contributed by atoms with van der Waals surface area (Å²) in [7, 11) is 12.1. The maximum Gasteiger partial charge on any atom is 0.196 e. The second-order valence-corrected chi connectivity index (χ2v) is 6.84. The third kappa shape index (κ3) is 2.54. The summed E-state index contributed by atoms with van der Waals surface area (Å²) in [4.78, 5) is 13.2. The van der Waals surface area contributed by atoms with Crippen LogP contribution in [0.1, 0.15) is 28.6 Å². The van der Waals surface area contributed by atoms with Gasteiger partial charge in [0, 0.05) is 17.4 Å². The highest BCUT2D eigenvalue weighted by molar-refractivity contribution is 9.11. The van der Waals surface area contributed by atoms with Crippen LogP contribution in [0.4, 0.5) is 0 Å². The van der Waals surface area contributed by atoms with E-state index in [0.29, 0.717) is 28.7 Å². The average Bonchev–Trinajstić information content (AvgIpc) is 2.96. The largest absolute Gasteiger partial charge is 0.506 e. The van der Waals surface area contributed by atoms with Crippen LogP contribution in [-0.2, 0) is 6.42 Å². The Morgan fingerprint density at radius 3 is 2.29 bits per heavy atom. The number of carbonyl (C=O) groups excluding carboxylic acids is 1. The molecule has 0 unspecified atom stereocenters. The van der Waals surface area contributed by atoms with Gasteiger partial charge in [0.25, 0.3) is 0 Å². The molecule has 4 radical (unpaired) electrons. The number of furan rings is 1. The number of halogens is 2. The lowest BCUT2D eigenvalue weighted by atomic mass is 9.77. The summed E-state index contributed by atoms with van der Waals surface area (Å²) in [5, 5.41) is 10.7. The zero-order valence-electron chi connectivity index (χ0n) is 12.7. The van der Waals surface area contributed by atoms with Gasteiger partial charge in [-0.05, 0) is 37.9 Å². The lowest BCUT2D eigenvalue weighted by molar-refractivity contribution is 0.104. The van der Waals surface area contributed by atoms with Crippen molar-refractivity contribution in [2.24, 2.45) is 0 Å². The molecular weight excluding hydrogens is 434 g/mol. The second kappa shape index (κ2) is 6.45. The molecule has 0 aliphatic carbocycles. The van der Waals surface area contributed by atoms with E-state index < -0.39 is 0 Å². The van der Waals surface area contributed by atoms with Crippen molar-refractivity contribution in [3.05, 3.63) is 50.1 Å². The number of ketones is 1. The van der Waals surface area contributed by atoms with Crippen LogP contribution in [0, 0.1) is 0 Å². The molecule has 3 aromatic rings. The molecule has 0 spiro atoms. The van der Waals surface area contributed by atoms with Crippen LogP contribution in [0.15, 0.2) is 37.6 Å². The van der Waals surface area contributed by atoms with Crippen molar-refractivity contribution in [3.63, 3.8) is 0 Å². The highest BCUT2D eigenvalue weighted by Gasteiger charge is 2.26. The van der Waals surface area contributed by atoms with E-state index in [0.717, 1.165) is 0 Å². The smallest absolute Gasteiger partial charge is 0.196 e. The minimum absolute atomic E-state index is 0.0885. The number of aryl methyl sites for hydroxylation is 1.